The molecule has 2 atom stereocenters. The normalized spacial score (nSPS) is 19.2. The molecule has 0 bridgehead atoms. The number of anilines is 2. The summed E-state index contributed by atoms with van der Waals surface area (Å²) in [6.07, 6.45) is 7.19. The largest absolute Gasteiger partial charge is 0.371 e. The zero-order valence-corrected chi connectivity index (χ0v) is 16.9. The van der Waals surface area contributed by atoms with E-state index in [1.165, 1.54) is 10.9 Å². The van der Waals surface area contributed by atoms with Crippen LogP contribution in [0.5, 0.6) is 0 Å². The number of hydrogen-bond donors (Lipinski definition) is 1. The van der Waals surface area contributed by atoms with E-state index in [2.05, 4.69) is 36.4 Å². The highest BCUT2D eigenvalue weighted by Gasteiger charge is 2.39. The van der Waals surface area contributed by atoms with Crippen LogP contribution in [-0.4, -0.2) is 42.5 Å². The highest BCUT2D eigenvalue weighted by molar-refractivity contribution is 9.10. The van der Waals surface area contributed by atoms with Crippen LogP contribution in [0.25, 0.3) is 5.82 Å². The first-order valence-corrected chi connectivity index (χ1v) is 9.52. The number of rotatable bonds is 4. The summed E-state index contributed by atoms with van der Waals surface area (Å²) >= 11 is 3.33. The molecule has 1 saturated heterocycles. The van der Waals surface area contributed by atoms with Crippen LogP contribution in [0.2, 0.25) is 0 Å². The Hall–Kier alpha value is -3.01. The Morgan fingerprint density at radius 2 is 2.04 bits per heavy atom. The number of hydrogen-bond acceptors (Lipinski definition) is 6. The lowest BCUT2D eigenvalue weighted by atomic mass is 10.2. The molecular weight excluding hydrogens is 426 g/mol. The van der Waals surface area contributed by atoms with E-state index in [4.69, 9.17) is 0 Å². The fourth-order valence-corrected chi connectivity index (χ4v) is 3.72. The summed E-state index contributed by atoms with van der Waals surface area (Å²) < 4.78 is 3.16. The SMILES string of the molecule is CC1CC(Nc2cnn(-c3ccccn3)c(=O)c2Br)C(=O)N1c1cnn(C)c1. The molecule has 4 heterocycles. The molecule has 4 rings (SSSR count). The highest BCUT2D eigenvalue weighted by Crippen LogP contribution is 2.29. The van der Waals surface area contributed by atoms with E-state index in [1.807, 2.05) is 20.2 Å². The quantitative estimate of drug-likeness (QED) is 0.659. The molecule has 0 saturated carbocycles. The van der Waals surface area contributed by atoms with Gasteiger partial charge in [-0.15, -0.1) is 0 Å². The van der Waals surface area contributed by atoms with Crippen molar-refractivity contribution in [2.75, 3.05) is 10.2 Å². The summed E-state index contributed by atoms with van der Waals surface area (Å²) in [6.45, 7) is 1.99. The predicted molar refractivity (Wildman–Crippen MR) is 108 cm³/mol. The van der Waals surface area contributed by atoms with Gasteiger partial charge in [-0.3, -0.25) is 14.3 Å². The zero-order valence-electron chi connectivity index (χ0n) is 15.3. The third-order valence-electron chi connectivity index (χ3n) is 4.64. The van der Waals surface area contributed by atoms with Crippen molar-refractivity contribution in [3.05, 3.63) is 57.8 Å². The minimum absolute atomic E-state index is 0.00910. The summed E-state index contributed by atoms with van der Waals surface area (Å²) in [6, 6.07) is 4.79. The maximum atomic E-state index is 12.9. The van der Waals surface area contributed by atoms with Crippen molar-refractivity contribution in [2.24, 2.45) is 7.05 Å². The number of aryl methyl sites for hydroxylation is 1. The maximum Gasteiger partial charge on any atom is 0.289 e. The van der Waals surface area contributed by atoms with E-state index >= 15 is 0 Å². The minimum atomic E-state index is -0.460. The van der Waals surface area contributed by atoms with E-state index in [9.17, 15) is 9.59 Å². The van der Waals surface area contributed by atoms with Gasteiger partial charge in [0.1, 0.15) is 10.5 Å². The van der Waals surface area contributed by atoms with Gasteiger partial charge in [0.05, 0.1) is 23.8 Å². The number of nitrogens with zero attached hydrogens (tertiary/aromatic N) is 6. The van der Waals surface area contributed by atoms with Crippen molar-refractivity contribution >= 4 is 33.2 Å². The summed E-state index contributed by atoms with van der Waals surface area (Å²) in [7, 11) is 1.81. The summed E-state index contributed by atoms with van der Waals surface area (Å²) in [5, 5.41) is 11.5. The number of amides is 1. The molecular formula is C18H18BrN7O2. The Kier molecular flexibility index (Phi) is 4.71. The number of halogens is 1. The molecule has 0 radical (unpaired) electrons. The lowest BCUT2D eigenvalue weighted by Crippen LogP contribution is -2.36. The average molecular weight is 444 g/mol. The van der Waals surface area contributed by atoms with Gasteiger partial charge in [-0.25, -0.2) is 4.98 Å². The van der Waals surface area contributed by atoms with Crippen molar-refractivity contribution in [1.29, 1.82) is 0 Å². The number of aromatic nitrogens is 5. The Bertz CT molecular complexity index is 1080. The second kappa shape index (κ2) is 7.19. The molecule has 1 fully saturated rings. The molecule has 144 valence electrons. The topological polar surface area (TPSA) is 97.9 Å². The monoisotopic (exact) mass is 443 g/mol. The molecule has 28 heavy (non-hydrogen) atoms. The molecule has 1 N–H and O–H groups in total. The van der Waals surface area contributed by atoms with Gasteiger partial charge in [-0.05, 0) is 41.4 Å². The van der Waals surface area contributed by atoms with Crippen LogP contribution in [0, 0.1) is 0 Å². The standard InChI is InChI=1S/C18H18BrN7O2/c1-11-7-13(17(27)25(11)12-8-21-24(2)10-12)23-14-9-22-26(18(28)16(14)19)15-5-3-4-6-20-15/h3-6,8-11,13,23H,7H2,1-2H3. The van der Waals surface area contributed by atoms with Crippen LogP contribution in [0.4, 0.5) is 11.4 Å². The Labute approximate surface area is 169 Å². The smallest absolute Gasteiger partial charge is 0.289 e. The molecule has 3 aromatic heterocycles. The number of pyridine rings is 1. The molecule has 0 aliphatic carbocycles. The summed E-state index contributed by atoms with van der Waals surface area (Å²) in [4.78, 5) is 31.4. The lowest BCUT2D eigenvalue weighted by molar-refractivity contribution is -0.117. The molecule has 0 spiro atoms. The second-order valence-corrected chi connectivity index (χ2v) is 7.43. The lowest BCUT2D eigenvalue weighted by Gasteiger charge is -2.19. The molecule has 1 aliphatic heterocycles. The van der Waals surface area contributed by atoms with Crippen LogP contribution < -0.4 is 15.8 Å². The first kappa shape index (κ1) is 18.4. The molecule has 1 aliphatic rings. The van der Waals surface area contributed by atoms with Crippen molar-refractivity contribution in [2.45, 2.75) is 25.4 Å². The number of nitrogens with one attached hydrogen (secondary N) is 1. The van der Waals surface area contributed by atoms with Crippen molar-refractivity contribution in [3.8, 4) is 5.82 Å². The van der Waals surface area contributed by atoms with Gasteiger partial charge in [-0.1, -0.05) is 6.07 Å². The summed E-state index contributed by atoms with van der Waals surface area (Å²) in [5.74, 6) is 0.356. The van der Waals surface area contributed by atoms with E-state index < -0.39 is 6.04 Å². The van der Waals surface area contributed by atoms with Gasteiger partial charge in [0, 0.05) is 25.5 Å². The fraction of sp³-hybridized carbons (Fsp3) is 0.278. The Morgan fingerprint density at radius 1 is 1.21 bits per heavy atom. The van der Waals surface area contributed by atoms with E-state index in [0.29, 0.717) is 22.4 Å². The predicted octanol–water partition coefficient (Wildman–Crippen LogP) is 1.73. The minimum Gasteiger partial charge on any atom is -0.371 e. The van der Waals surface area contributed by atoms with Crippen LogP contribution in [-0.2, 0) is 11.8 Å². The van der Waals surface area contributed by atoms with Crippen LogP contribution in [0.1, 0.15) is 13.3 Å². The van der Waals surface area contributed by atoms with E-state index in [0.717, 1.165) is 5.69 Å². The van der Waals surface area contributed by atoms with E-state index in [1.54, 1.807) is 40.2 Å². The van der Waals surface area contributed by atoms with Crippen LogP contribution in [0.3, 0.4) is 0 Å². The number of carbonyl (C=O) groups is 1. The van der Waals surface area contributed by atoms with Crippen LogP contribution >= 0.6 is 15.9 Å². The van der Waals surface area contributed by atoms with Gasteiger partial charge < -0.3 is 10.2 Å². The Morgan fingerprint density at radius 3 is 2.71 bits per heavy atom. The van der Waals surface area contributed by atoms with Gasteiger partial charge in [0.15, 0.2) is 5.82 Å². The molecule has 9 nitrogen and oxygen atoms in total. The van der Waals surface area contributed by atoms with Gasteiger partial charge in [0.2, 0.25) is 5.91 Å². The van der Waals surface area contributed by atoms with Crippen molar-refractivity contribution in [3.63, 3.8) is 0 Å². The molecule has 10 heteroatoms. The Balaban J connectivity index is 1.59. The molecule has 3 aromatic rings. The van der Waals surface area contributed by atoms with E-state index in [-0.39, 0.29) is 17.5 Å². The molecule has 0 aromatic carbocycles. The first-order chi connectivity index (χ1) is 13.5. The maximum absolute atomic E-state index is 12.9. The fourth-order valence-electron chi connectivity index (χ4n) is 3.33. The van der Waals surface area contributed by atoms with Gasteiger partial charge in [0.25, 0.3) is 5.56 Å². The first-order valence-electron chi connectivity index (χ1n) is 8.73. The summed E-state index contributed by atoms with van der Waals surface area (Å²) in [5.41, 5.74) is 0.870. The third-order valence-corrected chi connectivity index (χ3v) is 5.40. The van der Waals surface area contributed by atoms with Gasteiger partial charge in [-0.2, -0.15) is 14.9 Å². The van der Waals surface area contributed by atoms with Crippen molar-refractivity contribution in [1.82, 2.24) is 24.5 Å². The molecule has 2 unspecified atom stereocenters. The molecule has 1 amide bonds. The zero-order chi connectivity index (χ0) is 19.8. The van der Waals surface area contributed by atoms with Crippen LogP contribution in [0.15, 0.2) is 52.3 Å². The highest BCUT2D eigenvalue weighted by atomic mass is 79.9. The number of carbonyl (C=O) groups excluding carboxylic acids is 1. The average Bonchev–Trinajstić information content (AvgIpc) is 3.22. The second-order valence-electron chi connectivity index (χ2n) is 6.64. The van der Waals surface area contributed by atoms with Gasteiger partial charge >= 0.3 is 0 Å². The third kappa shape index (κ3) is 3.19. The van der Waals surface area contributed by atoms with Crippen molar-refractivity contribution < 1.29 is 4.79 Å².